The topological polar surface area (TPSA) is 105 Å². The molecule has 0 spiro atoms. The Bertz CT molecular complexity index is 675. The van der Waals surface area contributed by atoms with Gasteiger partial charge in [-0.05, 0) is 42.5 Å². The minimum absolute atomic E-state index is 0.0487. The van der Waals surface area contributed by atoms with Gasteiger partial charge in [0, 0.05) is 17.0 Å². The van der Waals surface area contributed by atoms with Crippen molar-refractivity contribution < 1.29 is 19.1 Å². The number of carbonyl (C=O) groups excluding carboxylic acids is 2. The first kappa shape index (κ1) is 18.1. The van der Waals surface area contributed by atoms with Gasteiger partial charge in [0.1, 0.15) is 19.1 Å². The van der Waals surface area contributed by atoms with Gasteiger partial charge < -0.3 is 9.47 Å². The number of nitrogens with zero attached hydrogens (tertiary/aromatic N) is 4. The Hall–Kier alpha value is -2.22. The molecule has 128 valence electrons. The molecule has 8 nitrogen and oxygen atoms in total. The molecule has 1 saturated heterocycles. The molecule has 0 bridgehead atoms. The standard InChI is InChI=1S/C15H18N4O4S/c1-10-7-11(3-4-12(10)17-18-16)23-6-5-22-9-19-14(20)8-13(24-2)15(19)21/h3-4,7,13H,5-6,8-9H2,1-2H3. The van der Waals surface area contributed by atoms with Gasteiger partial charge in [0.2, 0.25) is 11.8 Å². The molecule has 2 rings (SSSR count). The van der Waals surface area contributed by atoms with Crippen LogP contribution in [0.25, 0.3) is 10.4 Å². The summed E-state index contributed by atoms with van der Waals surface area (Å²) in [5.74, 6) is 0.228. The van der Waals surface area contributed by atoms with E-state index in [4.69, 9.17) is 15.0 Å². The Morgan fingerprint density at radius 1 is 1.42 bits per heavy atom. The summed E-state index contributed by atoms with van der Waals surface area (Å²) in [7, 11) is 0. The molecule has 2 amide bonds. The van der Waals surface area contributed by atoms with Crippen LogP contribution in [0.15, 0.2) is 23.3 Å². The Labute approximate surface area is 143 Å². The Morgan fingerprint density at radius 2 is 2.21 bits per heavy atom. The van der Waals surface area contributed by atoms with Crippen molar-refractivity contribution in [1.29, 1.82) is 0 Å². The van der Waals surface area contributed by atoms with Crippen LogP contribution in [0, 0.1) is 6.92 Å². The predicted molar refractivity (Wildman–Crippen MR) is 90.1 cm³/mol. The third kappa shape index (κ3) is 4.41. The summed E-state index contributed by atoms with van der Waals surface area (Å²) in [5, 5.41) is 3.26. The molecule has 1 fully saturated rings. The second kappa shape index (κ2) is 8.58. The predicted octanol–water partition coefficient (Wildman–Crippen LogP) is 2.78. The van der Waals surface area contributed by atoms with E-state index >= 15 is 0 Å². The molecule has 0 N–H and O–H groups in total. The lowest BCUT2D eigenvalue weighted by Crippen LogP contribution is -2.34. The van der Waals surface area contributed by atoms with Gasteiger partial charge in [-0.3, -0.25) is 14.5 Å². The fourth-order valence-electron chi connectivity index (χ4n) is 2.22. The van der Waals surface area contributed by atoms with Gasteiger partial charge in [0.15, 0.2) is 0 Å². The molecule has 24 heavy (non-hydrogen) atoms. The lowest BCUT2D eigenvalue weighted by Gasteiger charge is -2.15. The molecule has 0 saturated carbocycles. The quantitative estimate of drug-likeness (QED) is 0.236. The normalized spacial score (nSPS) is 17.1. The second-order valence-corrected chi connectivity index (χ2v) is 6.15. The van der Waals surface area contributed by atoms with Gasteiger partial charge in [0.05, 0.1) is 11.9 Å². The van der Waals surface area contributed by atoms with Gasteiger partial charge in [0.25, 0.3) is 0 Å². The molecule has 0 aromatic heterocycles. The summed E-state index contributed by atoms with van der Waals surface area (Å²) in [5.41, 5.74) is 9.79. The zero-order valence-electron chi connectivity index (χ0n) is 13.5. The lowest BCUT2D eigenvalue weighted by molar-refractivity contribution is -0.144. The van der Waals surface area contributed by atoms with Crippen molar-refractivity contribution in [3.8, 4) is 5.75 Å². The van der Waals surface area contributed by atoms with Gasteiger partial charge >= 0.3 is 0 Å². The number of hydrogen-bond donors (Lipinski definition) is 0. The van der Waals surface area contributed by atoms with E-state index in [1.807, 2.05) is 13.2 Å². The van der Waals surface area contributed by atoms with E-state index in [2.05, 4.69) is 10.0 Å². The van der Waals surface area contributed by atoms with Gasteiger partial charge in [-0.2, -0.15) is 11.8 Å². The number of aryl methyl sites for hydroxylation is 1. The van der Waals surface area contributed by atoms with Crippen LogP contribution in [0.4, 0.5) is 5.69 Å². The third-order valence-corrected chi connectivity index (χ3v) is 4.46. The maximum atomic E-state index is 11.9. The van der Waals surface area contributed by atoms with Crippen molar-refractivity contribution in [2.24, 2.45) is 5.11 Å². The van der Waals surface area contributed by atoms with E-state index < -0.39 is 0 Å². The highest BCUT2D eigenvalue weighted by Crippen LogP contribution is 2.24. The second-order valence-electron chi connectivity index (χ2n) is 5.11. The molecule has 1 aliphatic heterocycles. The van der Waals surface area contributed by atoms with Crippen LogP contribution < -0.4 is 4.74 Å². The van der Waals surface area contributed by atoms with E-state index in [-0.39, 0.29) is 43.4 Å². The Morgan fingerprint density at radius 3 is 2.83 bits per heavy atom. The number of rotatable bonds is 8. The molecule has 0 aliphatic carbocycles. The maximum Gasteiger partial charge on any atom is 0.244 e. The van der Waals surface area contributed by atoms with Gasteiger partial charge in [-0.15, -0.1) is 0 Å². The number of hydrogen-bond acceptors (Lipinski definition) is 6. The van der Waals surface area contributed by atoms with Gasteiger partial charge in [-0.25, -0.2) is 0 Å². The number of benzene rings is 1. The zero-order valence-corrected chi connectivity index (χ0v) is 14.3. The number of amides is 2. The lowest BCUT2D eigenvalue weighted by atomic mass is 10.2. The van der Waals surface area contributed by atoms with Gasteiger partial charge in [-0.1, -0.05) is 5.11 Å². The Kier molecular flexibility index (Phi) is 6.48. The summed E-state index contributed by atoms with van der Waals surface area (Å²) < 4.78 is 10.9. The summed E-state index contributed by atoms with van der Waals surface area (Å²) in [4.78, 5) is 27.5. The zero-order chi connectivity index (χ0) is 17.5. The molecular formula is C15H18N4O4S. The summed E-state index contributed by atoms with van der Waals surface area (Å²) in [6.45, 7) is 2.30. The van der Waals surface area contributed by atoms with Crippen LogP contribution in [-0.4, -0.2) is 48.2 Å². The van der Waals surface area contributed by atoms with E-state index in [0.717, 1.165) is 10.5 Å². The number of ether oxygens (including phenoxy) is 2. The van der Waals surface area contributed by atoms with Crippen molar-refractivity contribution in [1.82, 2.24) is 4.90 Å². The number of azide groups is 1. The molecule has 9 heteroatoms. The maximum absolute atomic E-state index is 11.9. The molecule has 1 atom stereocenters. The van der Waals surface area contributed by atoms with Crippen LogP contribution in [0.2, 0.25) is 0 Å². The molecule has 1 aromatic carbocycles. The highest BCUT2D eigenvalue weighted by molar-refractivity contribution is 8.00. The molecule has 1 aliphatic rings. The fourth-order valence-corrected chi connectivity index (χ4v) is 2.86. The van der Waals surface area contributed by atoms with Crippen molar-refractivity contribution in [2.45, 2.75) is 18.6 Å². The minimum atomic E-state index is -0.296. The Balaban J connectivity index is 1.74. The van der Waals surface area contributed by atoms with E-state index in [0.29, 0.717) is 11.4 Å². The van der Waals surface area contributed by atoms with Crippen LogP contribution in [0.1, 0.15) is 12.0 Å². The first-order chi connectivity index (χ1) is 11.6. The van der Waals surface area contributed by atoms with Crippen LogP contribution >= 0.6 is 11.8 Å². The minimum Gasteiger partial charge on any atom is -0.491 e. The highest BCUT2D eigenvalue weighted by Gasteiger charge is 2.37. The number of thioether (sulfide) groups is 1. The summed E-state index contributed by atoms with van der Waals surface area (Å²) >= 11 is 1.37. The summed E-state index contributed by atoms with van der Waals surface area (Å²) in [6.07, 6.45) is 2.04. The first-order valence-corrected chi connectivity index (χ1v) is 8.59. The average molecular weight is 350 g/mol. The van der Waals surface area contributed by atoms with Crippen molar-refractivity contribution in [2.75, 3.05) is 26.2 Å². The van der Waals surface area contributed by atoms with Crippen LogP contribution in [0.3, 0.4) is 0 Å². The third-order valence-electron chi connectivity index (χ3n) is 3.52. The van der Waals surface area contributed by atoms with Crippen molar-refractivity contribution in [3.63, 3.8) is 0 Å². The van der Waals surface area contributed by atoms with E-state index in [9.17, 15) is 9.59 Å². The number of imide groups is 1. The molecule has 0 radical (unpaired) electrons. The van der Waals surface area contributed by atoms with Crippen LogP contribution in [-0.2, 0) is 14.3 Å². The molecule has 1 unspecified atom stereocenters. The number of likely N-dealkylation sites (tertiary alicyclic amines) is 1. The first-order valence-electron chi connectivity index (χ1n) is 7.30. The van der Waals surface area contributed by atoms with E-state index in [1.54, 1.807) is 18.2 Å². The number of carbonyl (C=O) groups is 2. The fraction of sp³-hybridized carbons (Fsp3) is 0.467. The SMILES string of the molecule is CSC1CC(=O)N(COCCOc2ccc(N=[N+]=[N-])c(C)c2)C1=O. The smallest absolute Gasteiger partial charge is 0.244 e. The van der Waals surface area contributed by atoms with Crippen molar-refractivity contribution >= 4 is 29.3 Å². The largest absolute Gasteiger partial charge is 0.491 e. The average Bonchev–Trinajstić information content (AvgIpc) is 2.84. The molecule has 1 heterocycles. The van der Waals surface area contributed by atoms with Crippen LogP contribution in [0.5, 0.6) is 5.75 Å². The van der Waals surface area contributed by atoms with Crippen molar-refractivity contribution in [3.05, 3.63) is 34.2 Å². The van der Waals surface area contributed by atoms with E-state index in [1.165, 1.54) is 11.8 Å². The molecule has 1 aromatic rings. The highest BCUT2D eigenvalue weighted by atomic mass is 32.2. The molecular weight excluding hydrogens is 332 g/mol. The monoisotopic (exact) mass is 350 g/mol. The summed E-state index contributed by atoms with van der Waals surface area (Å²) in [6, 6.07) is 5.14.